The zero-order chi connectivity index (χ0) is 68.0. The maximum absolute atomic E-state index is 14.3. The molecule has 0 saturated heterocycles. The van der Waals surface area contributed by atoms with Crippen molar-refractivity contribution in [2.75, 3.05) is 6.61 Å². The largest absolute Gasteiger partial charge is 0.507 e. The van der Waals surface area contributed by atoms with Gasteiger partial charge in [-0.15, -0.1) is 0 Å². The Morgan fingerprint density at radius 2 is 0.528 bits per heavy atom. The molecule has 89 heavy (non-hydrogen) atoms. The number of hydrogen-bond donors (Lipinski definition) is 4. The highest BCUT2D eigenvalue weighted by molar-refractivity contribution is 5.72. The maximum atomic E-state index is 14.3. The van der Waals surface area contributed by atoms with Crippen LogP contribution in [-0.2, 0) is 107 Å². The van der Waals surface area contributed by atoms with Crippen molar-refractivity contribution in [3.63, 3.8) is 0 Å². The number of rotatable bonds is 23. The van der Waals surface area contributed by atoms with E-state index < -0.39 is 48.8 Å². The van der Waals surface area contributed by atoms with Crippen LogP contribution in [0.5, 0.6) is 23.0 Å². The van der Waals surface area contributed by atoms with Gasteiger partial charge in [0.2, 0.25) is 0 Å². The second-order valence-electron chi connectivity index (χ2n) is 33.4. The van der Waals surface area contributed by atoms with Crippen molar-refractivity contribution in [2.45, 2.75) is 312 Å². The lowest BCUT2D eigenvalue weighted by Crippen LogP contribution is -2.47. The molecule has 0 aromatic heterocycles. The standard InChI is InChI=1S/C77H116O12/c1-47(87-62(79)35-27-31-49-40-54(72(8,9)10)66(83)55(41-49)73(11,12)13)69(89-64(81)37-29-33-51-44-58(76(20,21)22)68(85)59(45-51)77(23,24)25)60(88-63(80)36-28-32-50-42-56(74(14,15)16)67(84)57(43-50)75(17,18)19)46-86-61(78)34-26-30-48-38-52(70(2,3)4)65(82)53(39-48)71(5,6)7/h38-45,47,60,69,82-85H,26-37,46H2,1-25H3. The molecule has 12 heteroatoms. The van der Waals surface area contributed by atoms with Gasteiger partial charge in [0.15, 0.2) is 12.2 Å². The number of ether oxygens (including phenoxy) is 4. The first-order valence-corrected chi connectivity index (χ1v) is 32.6. The van der Waals surface area contributed by atoms with Gasteiger partial charge < -0.3 is 39.4 Å². The summed E-state index contributed by atoms with van der Waals surface area (Å²) in [6.07, 6.45) is -0.526. The zero-order valence-electron chi connectivity index (χ0n) is 59.6. The van der Waals surface area contributed by atoms with Gasteiger partial charge in [-0.1, -0.05) is 215 Å². The SMILES string of the molecule is CC(OC(=O)CCCc1cc(C(C)(C)C)c(O)c(C(C)(C)C)c1)C(OC(=O)CCCc1cc(C(C)(C)C)c(O)c(C(C)(C)C)c1)C(COC(=O)CCCc1cc(C(C)(C)C)c(O)c(C(C)(C)C)c1)OC(=O)CCCc1cc(C(C)(C)C)c(O)c(C(C)(C)C)c1. The highest BCUT2D eigenvalue weighted by atomic mass is 16.6. The molecule has 3 unspecified atom stereocenters. The Labute approximate surface area is 536 Å². The van der Waals surface area contributed by atoms with E-state index in [0.29, 0.717) is 51.4 Å². The minimum absolute atomic E-state index is 0.00139. The Balaban J connectivity index is 1.71. The summed E-state index contributed by atoms with van der Waals surface area (Å²) in [7, 11) is 0. The Kier molecular flexibility index (Phi) is 24.6. The van der Waals surface area contributed by atoms with Gasteiger partial charge in [0, 0.05) is 25.7 Å². The second-order valence-corrected chi connectivity index (χ2v) is 33.4. The predicted octanol–water partition coefficient (Wildman–Crippen LogP) is 17.6. The maximum Gasteiger partial charge on any atom is 0.306 e. The molecule has 0 aliphatic heterocycles. The Hall–Kier alpha value is -6.04. The molecule has 0 radical (unpaired) electrons. The van der Waals surface area contributed by atoms with E-state index >= 15 is 0 Å². The van der Waals surface area contributed by atoms with E-state index in [1.54, 1.807) is 6.92 Å². The number of esters is 4. The smallest absolute Gasteiger partial charge is 0.306 e. The number of hydrogen-bond acceptors (Lipinski definition) is 12. The topological polar surface area (TPSA) is 186 Å². The molecular weight excluding hydrogens is 1120 g/mol. The van der Waals surface area contributed by atoms with Crippen LogP contribution in [0.3, 0.4) is 0 Å². The highest BCUT2D eigenvalue weighted by Crippen LogP contribution is 2.44. The quantitative estimate of drug-likeness (QED) is 0.0407. The lowest BCUT2D eigenvalue weighted by molar-refractivity contribution is -0.190. The van der Waals surface area contributed by atoms with Gasteiger partial charge in [0.05, 0.1) is 0 Å². The molecule has 496 valence electrons. The molecule has 4 rings (SSSR count). The van der Waals surface area contributed by atoms with Crippen molar-refractivity contribution in [2.24, 2.45) is 0 Å². The van der Waals surface area contributed by atoms with E-state index in [9.17, 15) is 39.6 Å². The Morgan fingerprint density at radius 1 is 0.326 bits per heavy atom. The van der Waals surface area contributed by atoms with Crippen LogP contribution in [-0.4, -0.2) is 69.2 Å². The molecule has 0 fully saturated rings. The van der Waals surface area contributed by atoms with Crippen LogP contribution in [0.1, 0.15) is 291 Å². The lowest BCUT2D eigenvalue weighted by Gasteiger charge is -2.31. The minimum atomic E-state index is -1.40. The fourth-order valence-electron chi connectivity index (χ4n) is 11.4. The van der Waals surface area contributed by atoms with E-state index in [0.717, 1.165) is 66.8 Å². The molecule has 0 amide bonds. The van der Waals surface area contributed by atoms with Gasteiger partial charge in [-0.05, 0) is 168 Å². The number of aryl methyl sites for hydroxylation is 4. The van der Waals surface area contributed by atoms with E-state index in [4.69, 9.17) is 18.9 Å². The molecule has 0 bridgehead atoms. The van der Waals surface area contributed by atoms with E-state index in [1.165, 1.54) is 0 Å². The summed E-state index contributed by atoms with van der Waals surface area (Å²) in [4.78, 5) is 56.6. The van der Waals surface area contributed by atoms with Crippen LogP contribution < -0.4 is 0 Å². The summed E-state index contributed by atoms with van der Waals surface area (Å²) in [5.41, 5.74) is 7.56. The van der Waals surface area contributed by atoms with E-state index in [-0.39, 0.29) is 92.0 Å². The summed E-state index contributed by atoms with van der Waals surface area (Å²) < 4.78 is 24.7. The molecule has 4 N–H and O–H groups in total. The molecule has 12 nitrogen and oxygen atoms in total. The predicted molar refractivity (Wildman–Crippen MR) is 360 cm³/mol. The first kappa shape index (κ1) is 75.4. The van der Waals surface area contributed by atoms with Crippen LogP contribution in [0, 0.1) is 0 Å². The fourth-order valence-corrected chi connectivity index (χ4v) is 11.4. The third-order valence-corrected chi connectivity index (χ3v) is 16.6. The van der Waals surface area contributed by atoms with Crippen molar-refractivity contribution in [1.82, 2.24) is 0 Å². The third-order valence-electron chi connectivity index (χ3n) is 16.6. The molecule has 0 heterocycles. The molecule has 0 aliphatic rings. The second kappa shape index (κ2) is 29.1. The van der Waals surface area contributed by atoms with Gasteiger partial charge in [-0.25, -0.2) is 0 Å². The molecule has 0 spiro atoms. The summed E-state index contributed by atoms with van der Waals surface area (Å²) >= 11 is 0. The average molecular weight is 1230 g/mol. The molecule has 0 aliphatic carbocycles. The van der Waals surface area contributed by atoms with Gasteiger partial charge >= 0.3 is 23.9 Å². The Bertz CT molecular complexity index is 2960. The number of aromatic hydroxyl groups is 4. The third kappa shape index (κ3) is 21.8. The first-order valence-electron chi connectivity index (χ1n) is 32.6. The van der Waals surface area contributed by atoms with Crippen molar-refractivity contribution in [3.05, 3.63) is 115 Å². The van der Waals surface area contributed by atoms with Crippen LogP contribution in [0.4, 0.5) is 0 Å². The summed E-state index contributed by atoms with van der Waals surface area (Å²) in [6, 6.07) is 16.0. The van der Waals surface area contributed by atoms with Crippen LogP contribution in [0.15, 0.2) is 48.5 Å². The van der Waals surface area contributed by atoms with Gasteiger partial charge in [0.1, 0.15) is 35.7 Å². The zero-order valence-corrected chi connectivity index (χ0v) is 59.6. The molecular formula is C77H116O12. The number of phenols is 4. The van der Waals surface area contributed by atoms with Crippen molar-refractivity contribution < 1.29 is 58.6 Å². The summed E-state index contributed by atoms with van der Waals surface area (Å²) in [5, 5.41) is 45.6. The van der Waals surface area contributed by atoms with Crippen LogP contribution in [0.25, 0.3) is 0 Å². The van der Waals surface area contributed by atoms with Crippen molar-refractivity contribution in [1.29, 1.82) is 0 Å². The van der Waals surface area contributed by atoms with Crippen LogP contribution in [0.2, 0.25) is 0 Å². The van der Waals surface area contributed by atoms with Crippen molar-refractivity contribution >= 4 is 23.9 Å². The molecule has 4 aromatic rings. The minimum Gasteiger partial charge on any atom is -0.507 e. The number of carbonyl (C=O) groups excluding carboxylic acids is 4. The Morgan fingerprint density at radius 3 is 0.753 bits per heavy atom. The molecule has 3 atom stereocenters. The van der Waals surface area contributed by atoms with E-state index in [2.05, 4.69) is 83.1 Å². The average Bonchev–Trinajstić information content (AvgIpc) is 1.11. The fraction of sp³-hybridized carbons (Fsp3) is 0.636. The highest BCUT2D eigenvalue weighted by Gasteiger charge is 2.38. The lowest BCUT2D eigenvalue weighted by atomic mass is 9.78. The summed E-state index contributed by atoms with van der Waals surface area (Å²) in [6.45, 7) is 50.3. The van der Waals surface area contributed by atoms with Gasteiger partial charge in [-0.2, -0.15) is 0 Å². The van der Waals surface area contributed by atoms with Gasteiger partial charge in [0.25, 0.3) is 0 Å². The first-order chi connectivity index (χ1) is 40.4. The van der Waals surface area contributed by atoms with Gasteiger partial charge in [-0.3, -0.25) is 19.2 Å². The number of carbonyl (C=O) groups is 4. The summed E-state index contributed by atoms with van der Waals surface area (Å²) in [5.74, 6) is -1.35. The number of benzene rings is 4. The molecule has 0 saturated carbocycles. The number of phenolic OH excluding ortho intramolecular Hbond substituents is 4. The van der Waals surface area contributed by atoms with Crippen molar-refractivity contribution in [3.8, 4) is 23.0 Å². The monoisotopic (exact) mass is 1230 g/mol. The van der Waals surface area contributed by atoms with E-state index in [1.807, 2.05) is 132 Å². The normalized spacial score (nSPS) is 14.0. The van der Waals surface area contributed by atoms with Crippen LogP contribution >= 0.6 is 0 Å². The molecule has 4 aromatic carbocycles.